The number of benzene rings is 1. The zero-order valence-corrected chi connectivity index (χ0v) is 13.6. The Morgan fingerprint density at radius 1 is 1.35 bits per heavy atom. The maximum Gasteiger partial charge on any atom is 0.257 e. The maximum atomic E-state index is 13.9. The lowest BCUT2D eigenvalue weighted by atomic mass is 9.82. The van der Waals surface area contributed by atoms with E-state index in [1.165, 1.54) is 0 Å². The van der Waals surface area contributed by atoms with Crippen molar-refractivity contribution < 1.29 is 23.0 Å². The maximum absolute atomic E-state index is 13.9. The summed E-state index contributed by atoms with van der Waals surface area (Å²) in [4.78, 5) is 14.2. The Hall–Kier alpha value is -1.53. The molecule has 1 aliphatic rings. The molecule has 0 aromatic heterocycles. The Kier molecular flexibility index (Phi) is 6.07. The van der Waals surface area contributed by atoms with Crippen LogP contribution >= 0.6 is 0 Å². The topological polar surface area (TPSA) is 38.8 Å². The van der Waals surface area contributed by atoms with Gasteiger partial charge in [-0.05, 0) is 36.5 Å². The Balaban J connectivity index is 2.19. The number of rotatable bonds is 6. The van der Waals surface area contributed by atoms with Gasteiger partial charge in [-0.15, -0.1) is 0 Å². The first-order chi connectivity index (χ1) is 10.9. The van der Waals surface area contributed by atoms with E-state index in [4.69, 9.17) is 9.47 Å². The average molecular weight is 327 g/mol. The summed E-state index contributed by atoms with van der Waals surface area (Å²) in [5, 5.41) is 0. The number of halogens is 2. The molecule has 1 aromatic rings. The van der Waals surface area contributed by atoms with Gasteiger partial charge < -0.3 is 14.4 Å². The highest BCUT2D eigenvalue weighted by molar-refractivity contribution is 5.94. The van der Waals surface area contributed by atoms with Crippen molar-refractivity contribution in [3.63, 3.8) is 0 Å². The fourth-order valence-electron chi connectivity index (χ4n) is 2.77. The third-order valence-corrected chi connectivity index (χ3v) is 4.28. The molecule has 0 spiro atoms. The molecule has 23 heavy (non-hydrogen) atoms. The zero-order chi connectivity index (χ0) is 16.9. The SMILES string of the molecule is COCCN(CC1(C)CCOCC1)C(=O)c1cc(F)ccc1F. The normalized spacial score (nSPS) is 17.0. The van der Waals surface area contributed by atoms with E-state index in [0.29, 0.717) is 32.9 Å². The molecule has 0 atom stereocenters. The quantitative estimate of drug-likeness (QED) is 0.806. The van der Waals surface area contributed by atoms with Crippen molar-refractivity contribution in [2.24, 2.45) is 5.41 Å². The monoisotopic (exact) mass is 327 g/mol. The molecule has 1 aromatic carbocycles. The minimum Gasteiger partial charge on any atom is -0.383 e. The van der Waals surface area contributed by atoms with Crippen LogP contribution in [0.3, 0.4) is 0 Å². The highest BCUT2D eigenvalue weighted by atomic mass is 19.1. The first-order valence-electron chi connectivity index (χ1n) is 7.76. The van der Waals surface area contributed by atoms with Crippen LogP contribution in [0.4, 0.5) is 8.78 Å². The molecule has 0 bridgehead atoms. The summed E-state index contributed by atoms with van der Waals surface area (Å²) >= 11 is 0. The van der Waals surface area contributed by atoms with Gasteiger partial charge in [-0.2, -0.15) is 0 Å². The van der Waals surface area contributed by atoms with Crippen LogP contribution in [0.1, 0.15) is 30.1 Å². The molecular formula is C17H23F2NO3. The molecule has 6 heteroatoms. The summed E-state index contributed by atoms with van der Waals surface area (Å²) in [6, 6.07) is 2.93. The predicted molar refractivity (Wildman–Crippen MR) is 82.3 cm³/mol. The fraction of sp³-hybridized carbons (Fsp3) is 0.588. The number of carbonyl (C=O) groups excluding carboxylic acids is 1. The number of nitrogens with zero attached hydrogens (tertiary/aromatic N) is 1. The molecule has 1 amide bonds. The van der Waals surface area contributed by atoms with Crippen LogP contribution < -0.4 is 0 Å². The average Bonchev–Trinajstić information content (AvgIpc) is 2.53. The molecule has 1 heterocycles. The summed E-state index contributed by atoms with van der Waals surface area (Å²) < 4.78 is 37.7. The highest BCUT2D eigenvalue weighted by Gasteiger charge is 2.32. The number of hydrogen-bond acceptors (Lipinski definition) is 3. The van der Waals surface area contributed by atoms with E-state index in [0.717, 1.165) is 31.0 Å². The van der Waals surface area contributed by atoms with Crippen LogP contribution in [0.2, 0.25) is 0 Å². The van der Waals surface area contributed by atoms with Crippen LogP contribution in [0, 0.1) is 17.0 Å². The minimum atomic E-state index is -0.712. The van der Waals surface area contributed by atoms with Gasteiger partial charge in [-0.25, -0.2) is 8.78 Å². The van der Waals surface area contributed by atoms with Gasteiger partial charge in [0.2, 0.25) is 0 Å². The van der Waals surface area contributed by atoms with Gasteiger partial charge in [0, 0.05) is 33.4 Å². The number of hydrogen-bond donors (Lipinski definition) is 0. The summed E-state index contributed by atoms with van der Waals surface area (Å²) in [7, 11) is 1.54. The smallest absolute Gasteiger partial charge is 0.257 e. The van der Waals surface area contributed by atoms with Crippen LogP contribution in [-0.4, -0.2) is 50.8 Å². The van der Waals surface area contributed by atoms with Crippen molar-refractivity contribution in [1.82, 2.24) is 4.90 Å². The lowest BCUT2D eigenvalue weighted by Gasteiger charge is -2.38. The van der Waals surface area contributed by atoms with Crippen LogP contribution in [-0.2, 0) is 9.47 Å². The van der Waals surface area contributed by atoms with Gasteiger partial charge in [0.15, 0.2) is 0 Å². The first kappa shape index (κ1) is 17.8. The van der Waals surface area contributed by atoms with Gasteiger partial charge >= 0.3 is 0 Å². The largest absolute Gasteiger partial charge is 0.383 e. The Morgan fingerprint density at radius 2 is 2.04 bits per heavy atom. The molecule has 0 radical (unpaired) electrons. The second kappa shape index (κ2) is 7.84. The lowest BCUT2D eigenvalue weighted by Crippen LogP contribution is -2.44. The third kappa shape index (κ3) is 4.72. The third-order valence-electron chi connectivity index (χ3n) is 4.28. The highest BCUT2D eigenvalue weighted by Crippen LogP contribution is 2.31. The van der Waals surface area contributed by atoms with Gasteiger partial charge in [0.25, 0.3) is 5.91 Å². The van der Waals surface area contributed by atoms with E-state index >= 15 is 0 Å². The Bertz CT molecular complexity index is 545. The van der Waals surface area contributed by atoms with E-state index in [2.05, 4.69) is 6.92 Å². The molecule has 4 nitrogen and oxygen atoms in total. The first-order valence-corrected chi connectivity index (χ1v) is 7.76. The molecule has 0 unspecified atom stereocenters. The van der Waals surface area contributed by atoms with Crippen molar-refractivity contribution in [2.75, 3.05) is 40.0 Å². The number of methoxy groups -OCH3 is 1. The zero-order valence-electron chi connectivity index (χ0n) is 13.6. The standard InChI is InChI=1S/C17H23F2NO3/c1-17(5-8-23-9-6-17)12-20(7-10-22-2)16(21)14-11-13(18)3-4-15(14)19/h3-4,11H,5-10,12H2,1-2H3. The van der Waals surface area contributed by atoms with E-state index < -0.39 is 17.5 Å². The van der Waals surface area contributed by atoms with Crippen LogP contribution in [0.25, 0.3) is 0 Å². The minimum absolute atomic E-state index is 0.0918. The van der Waals surface area contributed by atoms with Crippen molar-refractivity contribution in [2.45, 2.75) is 19.8 Å². The molecule has 1 saturated heterocycles. The predicted octanol–water partition coefficient (Wildman–Crippen LogP) is 2.87. The van der Waals surface area contributed by atoms with Gasteiger partial charge in [0.05, 0.1) is 12.2 Å². The van der Waals surface area contributed by atoms with E-state index in [-0.39, 0.29) is 11.0 Å². The van der Waals surface area contributed by atoms with Crippen molar-refractivity contribution in [3.8, 4) is 0 Å². The molecule has 1 fully saturated rings. The van der Waals surface area contributed by atoms with E-state index in [9.17, 15) is 13.6 Å². The van der Waals surface area contributed by atoms with Crippen molar-refractivity contribution in [1.29, 1.82) is 0 Å². The second-order valence-electron chi connectivity index (χ2n) is 6.27. The van der Waals surface area contributed by atoms with Gasteiger partial charge in [-0.1, -0.05) is 6.92 Å². The van der Waals surface area contributed by atoms with E-state index in [1.54, 1.807) is 12.0 Å². The fourth-order valence-corrected chi connectivity index (χ4v) is 2.77. The lowest BCUT2D eigenvalue weighted by molar-refractivity contribution is 0.00262. The second-order valence-corrected chi connectivity index (χ2v) is 6.27. The molecule has 0 N–H and O–H groups in total. The summed E-state index contributed by atoms with van der Waals surface area (Å²) in [6.07, 6.45) is 1.66. The Morgan fingerprint density at radius 3 is 2.70 bits per heavy atom. The summed E-state index contributed by atoms with van der Waals surface area (Å²) in [5.74, 6) is -1.85. The molecule has 0 aliphatic carbocycles. The van der Waals surface area contributed by atoms with Crippen molar-refractivity contribution >= 4 is 5.91 Å². The number of ether oxygens (including phenoxy) is 2. The molecule has 0 saturated carbocycles. The van der Waals surface area contributed by atoms with E-state index in [1.807, 2.05) is 0 Å². The van der Waals surface area contributed by atoms with Crippen molar-refractivity contribution in [3.05, 3.63) is 35.4 Å². The molecular weight excluding hydrogens is 304 g/mol. The molecule has 1 aliphatic heterocycles. The van der Waals surface area contributed by atoms with Gasteiger partial charge in [0.1, 0.15) is 11.6 Å². The number of amides is 1. The molecule has 2 rings (SSSR count). The Labute approximate surface area is 135 Å². The van der Waals surface area contributed by atoms with Gasteiger partial charge in [-0.3, -0.25) is 4.79 Å². The number of carbonyl (C=O) groups is 1. The van der Waals surface area contributed by atoms with Crippen LogP contribution in [0.5, 0.6) is 0 Å². The van der Waals surface area contributed by atoms with Crippen LogP contribution in [0.15, 0.2) is 18.2 Å². The molecule has 128 valence electrons. The summed E-state index contributed by atoms with van der Waals surface area (Å²) in [5.41, 5.74) is -0.331. The summed E-state index contributed by atoms with van der Waals surface area (Å²) in [6.45, 7) is 4.53.